The van der Waals surface area contributed by atoms with Gasteiger partial charge in [0.1, 0.15) is 17.4 Å². The lowest BCUT2D eigenvalue weighted by Gasteiger charge is -2.18. The SMILES string of the molecule is CC(=N)C(=N)CCOc1cc(F)ccc1C(=O)N1CC(=N)C(c2nc(C)c(Cl)c(C)n2)C1. The van der Waals surface area contributed by atoms with Crippen LogP contribution in [0.15, 0.2) is 18.2 Å². The van der Waals surface area contributed by atoms with Gasteiger partial charge < -0.3 is 25.9 Å². The first-order valence-electron chi connectivity index (χ1n) is 10.0. The van der Waals surface area contributed by atoms with Gasteiger partial charge in [-0.1, -0.05) is 11.6 Å². The lowest BCUT2D eigenvalue weighted by atomic mass is 10.1. The summed E-state index contributed by atoms with van der Waals surface area (Å²) < 4.78 is 19.4. The predicted octanol–water partition coefficient (Wildman–Crippen LogP) is 3.97. The molecule has 8 nitrogen and oxygen atoms in total. The van der Waals surface area contributed by atoms with Gasteiger partial charge >= 0.3 is 0 Å². The van der Waals surface area contributed by atoms with Crippen molar-refractivity contribution in [3.8, 4) is 5.75 Å². The zero-order valence-electron chi connectivity index (χ0n) is 18.1. The number of carbonyl (C=O) groups excluding carboxylic acids is 1. The molecule has 0 bridgehead atoms. The molecule has 1 atom stereocenters. The second kappa shape index (κ2) is 9.52. The van der Waals surface area contributed by atoms with Gasteiger partial charge in [-0.3, -0.25) is 4.79 Å². The molecule has 1 saturated heterocycles. The van der Waals surface area contributed by atoms with Crippen LogP contribution < -0.4 is 4.74 Å². The van der Waals surface area contributed by atoms with E-state index in [1.54, 1.807) is 13.8 Å². The van der Waals surface area contributed by atoms with Crippen LogP contribution in [0.3, 0.4) is 0 Å². The number of aromatic nitrogens is 2. The van der Waals surface area contributed by atoms with Crippen molar-refractivity contribution in [3.05, 3.63) is 51.8 Å². The van der Waals surface area contributed by atoms with Crippen LogP contribution >= 0.6 is 11.6 Å². The lowest BCUT2D eigenvalue weighted by Crippen LogP contribution is -2.29. The van der Waals surface area contributed by atoms with Crippen molar-refractivity contribution >= 4 is 34.6 Å². The monoisotopic (exact) mass is 458 g/mol. The first-order chi connectivity index (χ1) is 15.1. The molecule has 1 aliphatic heterocycles. The molecule has 1 fully saturated rings. The molecule has 32 heavy (non-hydrogen) atoms. The van der Waals surface area contributed by atoms with Crippen LogP contribution in [-0.4, -0.2) is 57.6 Å². The topological polar surface area (TPSA) is 127 Å². The summed E-state index contributed by atoms with van der Waals surface area (Å²) in [6.07, 6.45) is 0.169. The number of aryl methyl sites for hydroxylation is 2. The second-order valence-corrected chi connectivity index (χ2v) is 8.05. The Labute approximate surface area is 190 Å². The minimum absolute atomic E-state index is 0.0361. The van der Waals surface area contributed by atoms with E-state index in [1.807, 2.05) is 0 Å². The molecule has 0 aliphatic carbocycles. The van der Waals surface area contributed by atoms with Crippen molar-refractivity contribution in [3.63, 3.8) is 0 Å². The van der Waals surface area contributed by atoms with Crippen LogP contribution in [0.1, 0.15) is 46.8 Å². The fraction of sp³-hybridized carbons (Fsp3) is 0.364. The van der Waals surface area contributed by atoms with Crippen LogP contribution in [0, 0.1) is 35.9 Å². The molecular formula is C22H24ClFN6O2. The maximum Gasteiger partial charge on any atom is 0.257 e. The van der Waals surface area contributed by atoms with E-state index < -0.39 is 17.6 Å². The highest BCUT2D eigenvalue weighted by Crippen LogP contribution is 2.29. The maximum atomic E-state index is 13.8. The molecule has 2 aromatic rings. The summed E-state index contributed by atoms with van der Waals surface area (Å²) in [6, 6.07) is 3.66. The molecule has 0 radical (unpaired) electrons. The molecule has 3 N–H and O–H groups in total. The molecule has 1 aromatic carbocycles. The summed E-state index contributed by atoms with van der Waals surface area (Å²) >= 11 is 6.15. The molecular weight excluding hydrogens is 435 g/mol. The Morgan fingerprint density at radius 2 is 1.94 bits per heavy atom. The van der Waals surface area contributed by atoms with Gasteiger partial charge in [0.25, 0.3) is 5.91 Å². The molecule has 0 saturated carbocycles. The van der Waals surface area contributed by atoms with Gasteiger partial charge in [-0.05, 0) is 32.9 Å². The summed E-state index contributed by atoms with van der Waals surface area (Å²) in [6.45, 7) is 5.39. The van der Waals surface area contributed by atoms with Crippen molar-refractivity contribution in [2.24, 2.45) is 0 Å². The maximum absolute atomic E-state index is 13.8. The highest BCUT2D eigenvalue weighted by molar-refractivity contribution is 6.38. The Morgan fingerprint density at radius 3 is 2.56 bits per heavy atom. The van der Waals surface area contributed by atoms with Crippen molar-refractivity contribution in [2.75, 3.05) is 19.7 Å². The van der Waals surface area contributed by atoms with Gasteiger partial charge in [0, 0.05) is 30.5 Å². The summed E-state index contributed by atoms with van der Waals surface area (Å²) in [5, 5.41) is 24.0. The quantitative estimate of drug-likeness (QED) is 0.542. The third-order valence-electron chi connectivity index (χ3n) is 5.22. The van der Waals surface area contributed by atoms with E-state index in [9.17, 15) is 9.18 Å². The van der Waals surface area contributed by atoms with Crippen molar-refractivity contribution < 1.29 is 13.9 Å². The minimum atomic E-state index is -0.553. The van der Waals surface area contributed by atoms with Crippen LogP contribution in [0.4, 0.5) is 4.39 Å². The van der Waals surface area contributed by atoms with E-state index >= 15 is 0 Å². The number of halogens is 2. The first kappa shape index (κ1) is 23.5. The zero-order valence-corrected chi connectivity index (χ0v) is 18.8. The standard InChI is InChI=1S/C22H24ClFN6O2/c1-11(25)17(26)6-7-32-19-8-14(24)4-5-15(19)22(31)30-9-16(18(27)10-30)21-28-12(2)20(23)13(3)29-21/h4-5,8,16,25-27H,6-7,9-10H2,1-3H3. The summed E-state index contributed by atoms with van der Waals surface area (Å²) in [4.78, 5) is 23.5. The predicted molar refractivity (Wildman–Crippen MR) is 121 cm³/mol. The molecule has 1 amide bonds. The molecule has 10 heteroatoms. The fourth-order valence-corrected chi connectivity index (χ4v) is 3.49. The number of hydrogen-bond acceptors (Lipinski definition) is 7. The number of likely N-dealkylation sites (tertiary alicyclic amines) is 1. The Kier molecular flexibility index (Phi) is 6.98. The third kappa shape index (κ3) is 4.99. The Hall–Kier alpha value is -3.20. The van der Waals surface area contributed by atoms with Gasteiger partial charge in [-0.2, -0.15) is 0 Å². The highest BCUT2D eigenvalue weighted by Gasteiger charge is 2.35. The van der Waals surface area contributed by atoms with E-state index in [2.05, 4.69) is 9.97 Å². The van der Waals surface area contributed by atoms with Gasteiger partial charge in [0.2, 0.25) is 0 Å². The second-order valence-electron chi connectivity index (χ2n) is 7.67. The number of carbonyl (C=O) groups is 1. The Balaban J connectivity index is 1.78. The van der Waals surface area contributed by atoms with E-state index in [0.29, 0.717) is 27.9 Å². The normalized spacial score (nSPS) is 15.7. The van der Waals surface area contributed by atoms with E-state index in [4.69, 9.17) is 32.6 Å². The lowest BCUT2D eigenvalue weighted by molar-refractivity contribution is 0.0790. The molecule has 3 rings (SSSR count). The van der Waals surface area contributed by atoms with Gasteiger partial charge in [0.05, 0.1) is 46.8 Å². The van der Waals surface area contributed by atoms with Crippen LogP contribution in [0.25, 0.3) is 0 Å². The summed E-state index contributed by atoms with van der Waals surface area (Å²) in [7, 11) is 0. The Bertz CT molecular complexity index is 1100. The third-order valence-corrected chi connectivity index (χ3v) is 5.77. The van der Waals surface area contributed by atoms with E-state index in [-0.39, 0.29) is 48.9 Å². The number of ether oxygens (including phenoxy) is 1. The van der Waals surface area contributed by atoms with E-state index in [0.717, 1.165) is 6.07 Å². The largest absolute Gasteiger partial charge is 0.492 e. The minimum Gasteiger partial charge on any atom is -0.492 e. The van der Waals surface area contributed by atoms with Crippen molar-refractivity contribution in [1.82, 2.24) is 14.9 Å². The molecule has 168 valence electrons. The summed E-state index contributed by atoms with van der Waals surface area (Å²) in [5.74, 6) is -0.888. The molecule has 0 spiro atoms. The van der Waals surface area contributed by atoms with Crippen LogP contribution in [0.5, 0.6) is 5.75 Å². The first-order valence-corrected chi connectivity index (χ1v) is 10.4. The Morgan fingerprint density at radius 1 is 1.28 bits per heavy atom. The molecule has 1 aromatic heterocycles. The van der Waals surface area contributed by atoms with Crippen LogP contribution in [-0.2, 0) is 0 Å². The molecule has 2 heterocycles. The van der Waals surface area contributed by atoms with Gasteiger partial charge in [-0.15, -0.1) is 0 Å². The summed E-state index contributed by atoms with van der Waals surface area (Å²) in [5.41, 5.74) is 1.94. The number of nitrogens with one attached hydrogen (secondary N) is 3. The number of rotatable bonds is 7. The van der Waals surface area contributed by atoms with Gasteiger partial charge in [-0.25, -0.2) is 14.4 Å². The van der Waals surface area contributed by atoms with Crippen molar-refractivity contribution in [1.29, 1.82) is 16.2 Å². The number of amides is 1. The number of nitrogens with zero attached hydrogens (tertiary/aromatic N) is 3. The number of hydrogen-bond donors (Lipinski definition) is 3. The fourth-order valence-electron chi connectivity index (χ4n) is 3.40. The van der Waals surface area contributed by atoms with Gasteiger partial charge in [0.15, 0.2) is 0 Å². The van der Waals surface area contributed by atoms with E-state index in [1.165, 1.54) is 24.0 Å². The molecule has 1 unspecified atom stereocenters. The average Bonchev–Trinajstić information content (AvgIpc) is 3.12. The molecule has 1 aliphatic rings. The number of benzene rings is 1. The smallest absolute Gasteiger partial charge is 0.257 e. The highest BCUT2D eigenvalue weighted by atomic mass is 35.5. The zero-order chi connectivity index (χ0) is 23.6. The van der Waals surface area contributed by atoms with Crippen LogP contribution in [0.2, 0.25) is 5.02 Å². The average molecular weight is 459 g/mol. The van der Waals surface area contributed by atoms with Crippen molar-refractivity contribution in [2.45, 2.75) is 33.1 Å².